The molecule has 3 aliphatic rings. The van der Waals surface area contributed by atoms with Crippen molar-refractivity contribution in [2.24, 2.45) is 23.7 Å². The van der Waals surface area contributed by atoms with Crippen molar-refractivity contribution in [2.45, 2.75) is 19.3 Å². The number of carbonyl (C=O) groups excluding carboxylic acids is 2. The summed E-state index contributed by atoms with van der Waals surface area (Å²) < 4.78 is 0. The van der Waals surface area contributed by atoms with Crippen LogP contribution in [0.4, 0.5) is 0 Å². The lowest BCUT2D eigenvalue weighted by atomic mass is 9.81. The third kappa shape index (κ3) is 0.713. The standard InChI is InChI=1S/C10H13NO2/c1-11-9(12)7-5-2-3-6(4-5)8(7)10(11)13/h5-8H,2-4H2,1H3/t5?,6?,7-,8?/m1/s1. The van der Waals surface area contributed by atoms with Crippen LogP contribution in [0.25, 0.3) is 0 Å². The molecule has 13 heavy (non-hydrogen) atoms. The molecule has 3 nitrogen and oxygen atoms in total. The Labute approximate surface area is 77.1 Å². The topological polar surface area (TPSA) is 37.4 Å². The van der Waals surface area contributed by atoms with Gasteiger partial charge in [-0.05, 0) is 31.1 Å². The van der Waals surface area contributed by atoms with Gasteiger partial charge in [0.2, 0.25) is 11.8 Å². The largest absolute Gasteiger partial charge is 0.285 e. The summed E-state index contributed by atoms with van der Waals surface area (Å²) in [6.07, 6.45) is 3.46. The maximum atomic E-state index is 11.7. The molecule has 0 N–H and O–H groups in total. The van der Waals surface area contributed by atoms with E-state index >= 15 is 0 Å². The third-order valence-electron chi connectivity index (χ3n) is 4.15. The van der Waals surface area contributed by atoms with Gasteiger partial charge >= 0.3 is 0 Å². The van der Waals surface area contributed by atoms with E-state index in [9.17, 15) is 9.59 Å². The van der Waals surface area contributed by atoms with Crippen LogP contribution in [0.15, 0.2) is 0 Å². The zero-order chi connectivity index (χ0) is 9.16. The van der Waals surface area contributed by atoms with Gasteiger partial charge in [-0.25, -0.2) is 0 Å². The molecule has 0 spiro atoms. The Kier molecular flexibility index (Phi) is 1.24. The Hall–Kier alpha value is -0.860. The SMILES string of the molecule is CN1C(=O)C2C3CCC(C3)[C@H]2C1=O. The number of imide groups is 1. The molecule has 0 aromatic heterocycles. The highest BCUT2D eigenvalue weighted by atomic mass is 16.2. The second kappa shape index (κ2) is 2.14. The summed E-state index contributed by atoms with van der Waals surface area (Å²) in [4.78, 5) is 24.7. The second-order valence-corrected chi connectivity index (χ2v) is 4.62. The fourth-order valence-corrected chi connectivity index (χ4v) is 3.56. The molecular formula is C10H13NO2. The van der Waals surface area contributed by atoms with Gasteiger partial charge in [0.15, 0.2) is 0 Å². The van der Waals surface area contributed by atoms with Crippen LogP contribution in [-0.2, 0) is 9.59 Å². The zero-order valence-electron chi connectivity index (χ0n) is 7.69. The first-order valence-corrected chi connectivity index (χ1v) is 5.01. The van der Waals surface area contributed by atoms with Crippen molar-refractivity contribution in [3.63, 3.8) is 0 Å². The lowest BCUT2D eigenvalue weighted by Crippen LogP contribution is -2.28. The molecule has 70 valence electrons. The van der Waals surface area contributed by atoms with E-state index in [0.717, 1.165) is 6.42 Å². The Morgan fingerprint density at radius 1 is 1.08 bits per heavy atom. The summed E-state index contributed by atoms with van der Waals surface area (Å²) in [5.74, 6) is 1.35. The van der Waals surface area contributed by atoms with Gasteiger partial charge in [0.05, 0.1) is 11.8 Å². The number of hydrogen-bond donors (Lipinski definition) is 0. The first kappa shape index (κ1) is 7.54. The number of fused-ring (bicyclic) bond motifs is 5. The molecule has 0 radical (unpaired) electrons. The van der Waals surface area contributed by atoms with Crippen molar-refractivity contribution in [3.05, 3.63) is 0 Å². The monoisotopic (exact) mass is 179 g/mol. The van der Waals surface area contributed by atoms with Crippen molar-refractivity contribution < 1.29 is 9.59 Å². The van der Waals surface area contributed by atoms with E-state index in [1.165, 1.54) is 17.7 Å². The molecule has 3 fully saturated rings. The van der Waals surface area contributed by atoms with Gasteiger partial charge in [0.1, 0.15) is 0 Å². The quantitative estimate of drug-likeness (QED) is 0.512. The van der Waals surface area contributed by atoms with Crippen LogP contribution in [0.5, 0.6) is 0 Å². The van der Waals surface area contributed by atoms with Crippen LogP contribution in [0.1, 0.15) is 19.3 Å². The fraction of sp³-hybridized carbons (Fsp3) is 0.800. The van der Waals surface area contributed by atoms with Crippen molar-refractivity contribution in [1.82, 2.24) is 4.90 Å². The highest BCUT2D eigenvalue weighted by Crippen LogP contribution is 2.55. The molecule has 4 atom stereocenters. The minimum atomic E-state index is 0.0660. The van der Waals surface area contributed by atoms with E-state index in [1.54, 1.807) is 7.05 Å². The summed E-state index contributed by atoms with van der Waals surface area (Å²) in [6.45, 7) is 0. The highest BCUT2D eigenvalue weighted by molar-refractivity contribution is 6.05. The first-order chi connectivity index (χ1) is 6.20. The smallest absolute Gasteiger partial charge is 0.233 e. The van der Waals surface area contributed by atoms with Gasteiger partial charge in [-0.15, -0.1) is 0 Å². The van der Waals surface area contributed by atoms with Gasteiger partial charge in [0.25, 0.3) is 0 Å². The van der Waals surface area contributed by atoms with Gasteiger partial charge in [-0.1, -0.05) is 0 Å². The Balaban J connectivity index is 2.03. The van der Waals surface area contributed by atoms with Crippen molar-refractivity contribution in [1.29, 1.82) is 0 Å². The molecule has 2 bridgehead atoms. The van der Waals surface area contributed by atoms with Crippen LogP contribution in [0.3, 0.4) is 0 Å². The van der Waals surface area contributed by atoms with Crippen LogP contribution in [-0.4, -0.2) is 23.8 Å². The first-order valence-electron chi connectivity index (χ1n) is 5.01. The van der Waals surface area contributed by atoms with Crippen molar-refractivity contribution in [3.8, 4) is 0 Å². The van der Waals surface area contributed by atoms with E-state index in [0.29, 0.717) is 11.8 Å². The molecular weight excluding hydrogens is 166 g/mol. The van der Waals surface area contributed by atoms with Crippen LogP contribution in [0.2, 0.25) is 0 Å². The average Bonchev–Trinajstić information content (AvgIpc) is 2.76. The number of hydrogen-bond acceptors (Lipinski definition) is 2. The molecule has 3 heteroatoms. The molecule has 0 aromatic rings. The zero-order valence-corrected chi connectivity index (χ0v) is 7.69. The maximum absolute atomic E-state index is 11.7. The molecule has 1 saturated heterocycles. The van der Waals surface area contributed by atoms with E-state index < -0.39 is 0 Å². The molecule has 2 amide bonds. The van der Waals surface area contributed by atoms with Crippen LogP contribution < -0.4 is 0 Å². The molecule has 1 heterocycles. The van der Waals surface area contributed by atoms with E-state index in [1.807, 2.05) is 0 Å². The molecule has 3 unspecified atom stereocenters. The second-order valence-electron chi connectivity index (χ2n) is 4.62. The van der Waals surface area contributed by atoms with Gasteiger partial charge in [-0.3, -0.25) is 14.5 Å². The third-order valence-corrected chi connectivity index (χ3v) is 4.15. The number of rotatable bonds is 0. The van der Waals surface area contributed by atoms with E-state index in [-0.39, 0.29) is 23.7 Å². The van der Waals surface area contributed by atoms with Crippen LogP contribution >= 0.6 is 0 Å². The van der Waals surface area contributed by atoms with Crippen LogP contribution in [0, 0.1) is 23.7 Å². The number of nitrogens with zero attached hydrogens (tertiary/aromatic N) is 1. The molecule has 0 aromatic carbocycles. The summed E-state index contributed by atoms with van der Waals surface area (Å²) in [6, 6.07) is 0. The fourth-order valence-electron chi connectivity index (χ4n) is 3.56. The minimum Gasteiger partial charge on any atom is -0.285 e. The minimum absolute atomic E-state index is 0.0660. The Morgan fingerprint density at radius 2 is 1.54 bits per heavy atom. The molecule has 2 aliphatic carbocycles. The lowest BCUT2D eigenvalue weighted by Gasteiger charge is -2.19. The summed E-state index contributed by atoms with van der Waals surface area (Å²) in [5, 5.41) is 0. The molecule has 1 aliphatic heterocycles. The van der Waals surface area contributed by atoms with Gasteiger partial charge in [-0.2, -0.15) is 0 Å². The summed E-state index contributed by atoms with van der Waals surface area (Å²) in [7, 11) is 1.63. The Bertz CT molecular complexity index is 271. The number of carbonyl (C=O) groups is 2. The predicted octanol–water partition coefficient (Wildman–Crippen LogP) is 0.647. The van der Waals surface area contributed by atoms with E-state index in [4.69, 9.17) is 0 Å². The van der Waals surface area contributed by atoms with Crippen molar-refractivity contribution in [2.75, 3.05) is 7.05 Å². The lowest BCUT2D eigenvalue weighted by molar-refractivity contribution is -0.139. The summed E-state index contributed by atoms with van der Waals surface area (Å²) in [5.41, 5.74) is 0. The van der Waals surface area contributed by atoms with Gasteiger partial charge in [0, 0.05) is 7.05 Å². The molecule has 3 rings (SSSR count). The molecule has 2 saturated carbocycles. The maximum Gasteiger partial charge on any atom is 0.233 e. The normalized spacial score (nSPS) is 47.6. The average molecular weight is 179 g/mol. The summed E-state index contributed by atoms with van der Waals surface area (Å²) >= 11 is 0. The highest BCUT2D eigenvalue weighted by Gasteiger charge is 2.59. The predicted molar refractivity (Wildman–Crippen MR) is 45.6 cm³/mol. The Morgan fingerprint density at radius 3 is 2.00 bits per heavy atom. The van der Waals surface area contributed by atoms with Gasteiger partial charge < -0.3 is 0 Å². The number of amides is 2. The van der Waals surface area contributed by atoms with E-state index in [2.05, 4.69) is 0 Å². The number of likely N-dealkylation sites (tertiary alicyclic amines) is 1. The van der Waals surface area contributed by atoms with Crippen molar-refractivity contribution >= 4 is 11.8 Å².